The van der Waals surface area contributed by atoms with Gasteiger partial charge in [0.05, 0.1) is 5.70 Å². The van der Waals surface area contributed by atoms with Gasteiger partial charge in [0.15, 0.2) is 18.0 Å². The van der Waals surface area contributed by atoms with Gasteiger partial charge in [-0.15, -0.1) is 0 Å². The minimum atomic E-state index is -0.753. The fraction of sp³-hybridized carbons (Fsp3) is 0.154. The monoisotopic (exact) mass is 259 g/mol. The Kier molecular flexibility index (Phi) is 2.46. The second-order valence-corrected chi connectivity index (χ2v) is 4.31. The number of ketones is 2. The first kappa shape index (κ1) is 11.6. The van der Waals surface area contributed by atoms with Gasteiger partial charge in [0.25, 0.3) is 5.91 Å². The van der Waals surface area contributed by atoms with Crippen molar-refractivity contribution in [3.63, 3.8) is 0 Å². The second-order valence-electron chi connectivity index (χ2n) is 4.31. The average Bonchev–Trinajstić information content (AvgIpc) is 3.16. The summed E-state index contributed by atoms with van der Waals surface area (Å²) in [4.78, 5) is 35.0. The first-order chi connectivity index (χ1) is 9.06. The zero-order chi connectivity index (χ0) is 13.6. The summed E-state index contributed by atoms with van der Waals surface area (Å²) < 4.78 is 4.90. The highest BCUT2D eigenvalue weighted by molar-refractivity contribution is 6.17. The van der Waals surface area contributed by atoms with E-state index < -0.39 is 23.9 Å². The predicted molar refractivity (Wildman–Crippen MR) is 62.3 cm³/mol. The van der Waals surface area contributed by atoms with Crippen molar-refractivity contribution in [3.8, 4) is 5.75 Å². The number of amides is 1. The lowest BCUT2D eigenvalue weighted by molar-refractivity contribution is -0.119. The van der Waals surface area contributed by atoms with E-state index in [0.717, 1.165) is 6.08 Å². The molecule has 2 N–H and O–H groups in total. The Morgan fingerprint density at radius 1 is 1.26 bits per heavy atom. The van der Waals surface area contributed by atoms with E-state index in [1.54, 1.807) is 0 Å². The largest absolute Gasteiger partial charge is 0.508 e. The molecule has 19 heavy (non-hydrogen) atoms. The third kappa shape index (κ3) is 2.02. The number of hydrogen-bond donors (Lipinski definition) is 2. The van der Waals surface area contributed by atoms with Gasteiger partial charge in [-0.1, -0.05) is 6.07 Å². The summed E-state index contributed by atoms with van der Waals surface area (Å²) in [6, 6.07) is 5.68. The Morgan fingerprint density at radius 3 is 2.79 bits per heavy atom. The number of hydrogen-bond acceptors (Lipinski definition) is 5. The first-order valence-corrected chi connectivity index (χ1v) is 5.62. The highest BCUT2D eigenvalue weighted by Gasteiger charge is 2.53. The molecule has 1 fully saturated rings. The summed E-state index contributed by atoms with van der Waals surface area (Å²) in [6.07, 6.45) is -0.345. The zero-order valence-electron chi connectivity index (χ0n) is 9.62. The van der Waals surface area contributed by atoms with Crippen LogP contribution in [0, 0.1) is 0 Å². The number of phenols is 1. The summed E-state index contributed by atoms with van der Waals surface area (Å²) in [7, 11) is 0. The number of fused-ring (bicyclic) bond motifs is 1. The van der Waals surface area contributed by atoms with Gasteiger partial charge >= 0.3 is 0 Å². The van der Waals surface area contributed by atoms with Crippen molar-refractivity contribution >= 4 is 17.5 Å². The molecular formula is C13H9NO5. The minimum Gasteiger partial charge on any atom is -0.508 e. The topological polar surface area (TPSA) is 96.0 Å². The van der Waals surface area contributed by atoms with E-state index in [2.05, 4.69) is 5.32 Å². The Balaban J connectivity index is 1.80. The van der Waals surface area contributed by atoms with E-state index in [9.17, 15) is 19.5 Å². The molecule has 0 aromatic heterocycles. The van der Waals surface area contributed by atoms with Crippen LogP contribution in [-0.4, -0.2) is 34.8 Å². The van der Waals surface area contributed by atoms with Gasteiger partial charge in [-0.05, 0) is 18.2 Å². The van der Waals surface area contributed by atoms with E-state index in [1.807, 2.05) is 0 Å². The molecule has 0 saturated carbocycles. The van der Waals surface area contributed by atoms with Gasteiger partial charge in [-0.3, -0.25) is 14.4 Å². The van der Waals surface area contributed by atoms with E-state index in [0.29, 0.717) is 0 Å². The summed E-state index contributed by atoms with van der Waals surface area (Å²) in [5.41, 5.74) is 0.122. The molecule has 1 saturated heterocycles. The predicted octanol–water partition coefficient (Wildman–Crippen LogP) is -0.0749. The van der Waals surface area contributed by atoms with Crippen LogP contribution in [0.25, 0.3) is 0 Å². The van der Waals surface area contributed by atoms with Gasteiger partial charge in [-0.25, -0.2) is 0 Å². The zero-order valence-corrected chi connectivity index (χ0v) is 9.62. The lowest BCUT2D eigenvalue weighted by atomic mass is 10.0. The minimum absolute atomic E-state index is 0.0572. The number of carbonyl (C=O) groups excluding carboxylic acids is 3. The van der Waals surface area contributed by atoms with E-state index in [-0.39, 0.29) is 22.8 Å². The number of nitrogens with one attached hydrogen (secondary N) is 1. The van der Waals surface area contributed by atoms with Crippen LogP contribution < -0.4 is 5.32 Å². The fourth-order valence-corrected chi connectivity index (χ4v) is 1.92. The fourth-order valence-electron chi connectivity index (χ4n) is 1.92. The van der Waals surface area contributed by atoms with E-state index >= 15 is 0 Å². The normalized spacial score (nSPS) is 24.5. The standard InChI is InChI=1S/C13H9NO5/c15-7-3-1-2-6(4-7)13(18)14-8-5-9(16)11-12(19-11)10(8)17/h1-5,11-12,15H,(H,14,18)/t11-,12-/m0/s1. The molecule has 2 aliphatic rings. The molecule has 1 aromatic carbocycles. The number of carbonyl (C=O) groups is 3. The number of rotatable bonds is 2. The molecule has 0 unspecified atom stereocenters. The lowest BCUT2D eigenvalue weighted by Gasteiger charge is -2.10. The maximum Gasteiger partial charge on any atom is 0.255 e. The smallest absolute Gasteiger partial charge is 0.255 e. The molecular weight excluding hydrogens is 250 g/mol. The SMILES string of the molecule is O=C(NC1=CC(=O)[C@@H]2O[C@H]2C1=O)c1cccc(O)c1. The van der Waals surface area contributed by atoms with Crippen molar-refractivity contribution in [2.45, 2.75) is 12.2 Å². The number of ether oxygens (including phenoxy) is 1. The Labute approximate surface area is 107 Å². The number of Topliss-reactive ketones (excluding diaryl/α,β-unsaturated/α-hetero) is 1. The summed E-state index contributed by atoms with van der Waals surface area (Å²) in [5, 5.41) is 11.6. The molecule has 6 heteroatoms. The molecule has 1 aromatic rings. The van der Waals surface area contributed by atoms with Crippen LogP contribution in [0.5, 0.6) is 5.75 Å². The van der Waals surface area contributed by atoms with Gasteiger partial charge in [0, 0.05) is 11.6 Å². The molecule has 1 amide bonds. The van der Waals surface area contributed by atoms with Crippen LogP contribution in [-0.2, 0) is 14.3 Å². The number of aromatic hydroxyl groups is 1. The van der Waals surface area contributed by atoms with Crippen molar-refractivity contribution in [2.75, 3.05) is 0 Å². The van der Waals surface area contributed by atoms with E-state index in [4.69, 9.17) is 4.74 Å². The average molecular weight is 259 g/mol. The van der Waals surface area contributed by atoms with Crippen LogP contribution in [0.15, 0.2) is 36.0 Å². The number of phenolic OH excluding ortho intramolecular Hbond substituents is 1. The van der Waals surface area contributed by atoms with Crippen LogP contribution in [0.2, 0.25) is 0 Å². The van der Waals surface area contributed by atoms with Crippen molar-refractivity contribution in [1.29, 1.82) is 0 Å². The molecule has 1 aliphatic heterocycles. The summed E-state index contributed by atoms with van der Waals surface area (Å²) in [5.74, 6) is -1.35. The second kappa shape index (κ2) is 4.03. The maximum absolute atomic E-state index is 11.9. The third-order valence-electron chi connectivity index (χ3n) is 2.94. The van der Waals surface area contributed by atoms with Crippen molar-refractivity contribution in [3.05, 3.63) is 41.6 Å². The van der Waals surface area contributed by atoms with Crippen molar-refractivity contribution < 1.29 is 24.2 Å². The van der Waals surface area contributed by atoms with Crippen LogP contribution in [0.3, 0.4) is 0 Å². The first-order valence-electron chi connectivity index (χ1n) is 5.62. The van der Waals surface area contributed by atoms with Gasteiger partial charge in [0.2, 0.25) is 5.78 Å². The third-order valence-corrected chi connectivity index (χ3v) is 2.94. The highest BCUT2D eigenvalue weighted by atomic mass is 16.6. The molecule has 2 atom stereocenters. The number of benzene rings is 1. The van der Waals surface area contributed by atoms with Gasteiger partial charge in [0.1, 0.15) is 5.75 Å². The highest BCUT2D eigenvalue weighted by Crippen LogP contribution is 2.30. The van der Waals surface area contributed by atoms with Crippen LogP contribution in [0.4, 0.5) is 0 Å². The molecule has 0 bridgehead atoms. The summed E-state index contributed by atoms with van der Waals surface area (Å²) in [6.45, 7) is 0. The lowest BCUT2D eigenvalue weighted by Crippen LogP contribution is -2.34. The van der Waals surface area contributed by atoms with Gasteiger partial charge in [-0.2, -0.15) is 0 Å². The number of epoxide rings is 1. The molecule has 3 rings (SSSR count). The molecule has 1 heterocycles. The van der Waals surface area contributed by atoms with Crippen LogP contribution >= 0.6 is 0 Å². The van der Waals surface area contributed by atoms with E-state index in [1.165, 1.54) is 24.3 Å². The maximum atomic E-state index is 11.9. The molecule has 6 nitrogen and oxygen atoms in total. The quantitative estimate of drug-likeness (QED) is 0.724. The molecule has 0 spiro atoms. The van der Waals surface area contributed by atoms with Crippen LogP contribution in [0.1, 0.15) is 10.4 Å². The summed E-state index contributed by atoms with van der Waals surface area (Å²) >= 11 is 0. The molecule has 0 radical (unpaired) electrons. The molecule has 96 valence electrons. The Bertz CT molecular complexity index is 634. The van der Waals surface area contributed by atoms with Gasteiger partial charge < -0.3 is 15.2 Å². The Hall–Kier alpha value is -2.47. The molecule has 1 aliphatic carbocycles. The van der Waals surface area contributed by atoms with Crippen molar-refractivity contribution in [2.24, 2.45) is 0 Å². The Morgan fingerprint density at radius 2 is 2.05 bits per heavy atom. The van der Waals surface area contributed by atoms with Crippen molar-refractivity contribution in [1.82, 2.24) is 5.32 Å².